The summed E-state index contributed by atoms with van der Waals surface area (Å²) in [5.41, 5.74) is 5.97. The molecule has 0 saturated heterocycles. The van der Waals surface area contributed by atoms with Gasteiger partial charge in [-0.05, 0) is 0 Å². The molecule has 0 aromatic carbocycles. The second-order valence-electron chi connectivity index (χ2n) is 1.78. The molecule has 0 spiro atoms. The number of rotatable bonds is 1. The van der Waals surface area contributed by atoms with Gasteiger partial charge < -0.3 is 0 Å². The maximum atomic E-state index is 7.01. The fourth-order valence-electron chi connectivity index (χ4n) is 0.618. The van der Waals surface area contributed by atoms with Crippen molar-refractivity contribution in [1.82, 2.24) is 0 Å². The zero-order valence-electron chi connectivity index (χ0n) is 4.96. The van der Waals surface area contributed by atoms with Crippen LogP contribution in [0, 0.1) is 5.41 Å². The van der Waals surface area contributed by atoms with E-state index < -0.39 is 0 Å². The van der Waals surface area contributed by atoms with Gasteiger partial charge in [0.05, 0.1) is 0 Å². The number of nitrogens with one attached hydrogen (secondary N) is 1. The van der Waals surface area contributed by atoms with Crippen LogP contribution in [0.1, 0.15) is 5.56 Å². The molecular formula is C6H7BN2. The van der Waals surface area contributed by atoms with E-state index >= 15 is 0 Å². The second kappa shape index (κ2) is 2.44. The Balaban J connectivity index is 2.98. The van der Waals surface area contributed by atoms with Crippen molar-refractivity contribution in [2.75, 3.05) is 0 Å². The normalized spacial score (nSPS) is 8.44. The molecular weight excluding hydrogens is 111 g/mol. The number of hydrogen-bond donors (Lipinski definition) is 2. The maximum absolute atomic E-state index is 7.01. The Hall–Kier alpha value is -1.12. The first-order valence-electron chi connectivity index (χ1n) is 2.70. The van der Waals surface area contributed by atoms with Gasteiger partial charge in [0.1, 0.15) is 0 Å². The van der Waals surface area contributed by atoms with Crippen molar-refractivity contribution in [3.8, 4) is 0 Å². The van der Waals surface area contributed by atoms with E-state index in [1.807, 2.05) is 31.0 Å². The van der Waals surface area contributed by atoms with Crippen molar-refractivity contribution < 1.29 is 0 Å². The Morgan fingerprint density at radius 2 is 2.00 bits per heavy atom. The van der Waals surface area contributed by atoms with E-state index in [1.54, 1.807) is 0 Å². The molecule has 0 atom stereocenters. The molecule has 3 heteroatoms. The SMILES string of the molecule is N=C(N)c1ccbcc1. The van der Waals surface area contributed by atoms with E-state index in [0.29, 0.717) is 0 Å². The first-order chi connectivity index (χ1) is 4.30. The number of hydrogen-bond acceptors (Lipinski definition) is 1. The zero-order valence-corrected chi connectivity index (χ0v) is 4.96. The van der Waals surface area contributed by atoms with Crippen molar-refractivity contribution in [2.45, 2.75) is 0 Å². The first-order valence-corrected chi connectivity index (χ1v) is 2.70. The third-order valence-corrected chi connectivity index (χ3v) is 1.08. The van der Waals surface area contributed by atoms with Crippen LogP contribution in [-0.2, 0) is 0 Å². The molecule has 1 rings (SSSR count). The monoisotopic (exact) mass is 118 g/mol. The molecule has 0 aliphatic carbocycles. The summed E-state index contributed by atoms with van der Waals surface area (Å²) in [7, 11) is 0. The molecule has 2 nitrogen and oxygen atoms in total. The van der Waals surface area contributed by atoms with Crippen LogP contribution in [0.5, 0.6) is 0 Å². The summed E-state index contributed by atoms with van der Waals surface area (Å²) in [6.07, 6.45) is 0. The van der Waals surface area contributed by atoms with E-state index in [9.17, 15) is 0 Å². The summed E-state index contributed by atoms with van der Waals surface area (Å²) in [6.45, 7) is 1.90. The van der Waals surface area contributed by atoms with Crippen molar-refractivity contribution in [3.05, 3.63) is 29.6 Å². The van der Waals surface area contributed by atoms with Gasteiger partial charge in [0, 0.05) is 0 Å². The summed E-state index contributed by atoms with van der Waals surface area (Å²) in [5.74, 6) is 3.84. The van der Waals surface area contributed by atoms with Crippen molar-refractivity contribution >= 4 is 12.7 Å². The van der Waals surface area contributed by atoms with Gasteiger partial charge in [0.25, 0.3) is 0 Å². The molecule has 0 bridgehead atoms. The zero-order chi connectivity index (χ0) is 6.69. The van der Waals surface area contributed by atoms with E-state index in [-0.39, 0.29) is 5.84 Å². The molecule has 1 aromatic rings. The van der Waals surface area contributed by atoms with Gasteiger partial charge in [-0.3, -0.25) is 0 Å². The van der Waals surface area contributed by atoms with Crippen LogP contribution < -0.4 is 5.73 Å². The first kappa shape index (κ1) is 6.01. The summed E-state index contributed by atoms with van der Waals surface area (Å²) >= 11 is 0. The standard InChI is InChI=1S/C6H7BN2/c8-6(9)5-1-3-7-4-2-5/h1-4H,(H3,8,9). The van der Waals surface area contributed by atoms with Crippen LogP contribution in [0.4, 0.5) is 0 Å². The summed E-state index contributed by atoms with van der Waals surface area (Å²) in [4.78, 5) is 0. The third kappa shape index (κ3) is 1.39. The Labute approximate surface area is 54.4 Å². The molecule has 44 valence electrons. The molecule has 3 N–H and O–H groups in total. The van der Waals surface area contributed by atoms with Gasteiger partial charge >= 0.3 is 53.5 Å². The van der Waals surface area contributed by atoms with E-state index in [1.165, 1.54) is 0 Å². The van der Waals surface area contributed by atoms with E-state index in [4.69, 9.17) is 11.1 Å². The number of nitrogens with two attached hydrogens (primary N) is 1. The topological polar surface area (TPSA) is 49.9 Å². The van der Waals surface area contributed by atoms with Gasteiger partial charge in [-0.15, -0.1) is 0 Å². The number of amidine groups is 1. The Morgan fingerprint density at radius 3 is 2.33 bits per heavy atom. The van der Waals surface area contributed by atoms with Crippen LogP contribution in [0.15, 0.2) is 24.1 Å². The molecule has 0 aliphatic heterocycles. The Morgan fingerprint density at radius 1 is 1.44 bits per heavy atom. The van der Waals surface area contributed by atoms with Crippen LogP contribution in [0.2, 0.25) is 0 Å². The summed E-state index contributed by atoms with van der Waals surface area (Å²) in [5, 5.41) is 7.01. The van der Waals surface area contributed by atoms with Crippen molar-refractivity contribution in [2.24, 2.45) is 5.73 Å². The minimum absolute atomic E-state index is 0.121. The summed E-state index contributed by atoms with van der Waals surface area (Å²) < 4.78 is 0. The molecule has 9 heavy (non-hydrogen) atoms. The van der Waals surface area contributed by atoms with Crippen LogP contribution >= 0.6 is 0 Å². The van der Waals surface area contributed by atoms with Crippen molar-refractivity contribution in [1.29, 1.82) is 5.41 Å². The summed E-state index contributed by atoms with van der Waals surface area (Å²) in [6, 6.07) is 3.62. The van der Waals surface area contributed by atoms with Gasteiger partial charge in [0.15, 0.2) is 0 Å². The molecule has 1 heterocycles. The fourth-order valence-corrected chi connectivity index (χ4v) is 0.618. The molecule has 0 fully saturated rings. The number of nitrogen functional groups attached to an aromatic ring is 1. The average Bonchev–Trinajstić information content (AvgIpc) is 1.90. The Kier molecular flexibility index (Phi) is 1.63. The molecule has 0 unspecified atom stereocenters. The predicted octanol–water partition coefficient (Wildman–Crippen LogP) is 0.309. The molecule has 0 saturated carbocycles. The Bertz CT molecular complexity index is 208. The van der Waals surface area contributed by atoms with Gasteiger partial charge in [-0.1, -0.05) is 0 Å². The fraction of sp³-hybridized carbons (Fsp3) is 0. The predicted molar refractivity (Wildman–Crippen MR) is 38.8 cm³/mol. The quantitative estimate of drug-likeness (QED) is 0.404. The van der Waals surface area contributed by atoms with E-state index in [0.717, 1.165) is 5.56 Å². The van der Waals surface area contributed by atoms with Crippen LogP contribution in [0.3, 0.4) is 0 Å². The van der Waals surface area contributed by atoms with E-state index in [2.05, 4.69) is 0 Å². The third-order valence-electron chi connectivity index (χ3n) is 1.08. The molecule has 1 aromatic heterocycles. The van der Waals surface area contributed by atoms with Crippen molar-refractivity contribution in [3.63, 3.8) is 0 Å². The van der Waals surface area contributed by atoms with Crippen LogP contribution in [-0.4, -0.2) is 12.7 Å². The van der Waals surface area contributed by atoms with Crippen LogP contribution in [0.25, 0.3) is 0 Å². The average molecular weight is 118 g/mol. The molecule has 0 amide bonds. The molecule has 0 radical (unpaired) electrons. The van der Waals surface area contributed by atoms with Gasteiger partial charge in [-0.2, -0.15) is 0 Å². The minimum atomic E-state index is 0.121. The second-order valence-corrected chi connectivity index (χ2v) is 1.78. The van der Waals surface area contributed by atoms with Gasteiger partial charge in [-0.25, -0.2) is 0 Å². The van der Waals surface area contributed by atoms with Gasteiger partial charge in [0.2, 0.25) is 0 Å². The molecule has 0 aliphatic rings.